The number of benzene rings is 1. The van der Waals surface area contributed by atoms with E-state index in [0.29, 0.717) is 18.2 Å². The lowest BCUT2D eigenvalue weighted by molar-refractivity contribution is 0.0948. The summed E-state index contributed by atoms with van der Waals surface area (Å²) in [6.45, 7) is 6.90. The Morgan fingerprint density at radius 3 is 2.24 bits per heavy atom. The molecule has 0 radical (unpaired) electrons. The van der Waals surface area contributed by atoms with Crippen LogP contribution in [0.3, 0.4) is 0 Å². The molecule has 2 N–H and O–H groups in total. The third-order valence-corrected chi connectivity index (χ3v) is 3.87. The maximum Gasteiger partial charge on any atom is 0.274 e. The van der Waals surface area contributed by atoms with E-state index in [9.17, 15) is 9.59 Å². The van der Waals surface area contributed by atoms with Crippen molar-refractivity contribution in [3.63, 3.8) is 0 Å². The summed E-state index contributed by atoms with van der Waals surface area (Å²) in [5.74, 6) is -0.154. The molecule has 0 saturated heterocycles. The van der Waals surface area contributed by atoms with Gasteiger partial charge in [-0.05, 0) is 42.2 Å². The zero-order valence-electron chi connectivity index (χ0n) is 15.0. The number of anilines is 1. The fourth-order valence-electron chi connectivity index (χ4n) is 2.30. The fourth-order valence-corrected chi connectivity index (χ4v) is 2.30. The van der Waals surface area contributed by atoms with Crippen LogP contribution in [0.2, 0.25) is 0 Å². The monoisotopic (exact) mass is 339 g/mol. The molecule has 1 heterocycles. The first kappa shape index (κ1) is 18.6. The van der Waals surface area contributed by atoms with Crippen LogP contribution in [0.1, 0.15) is 66.1 Å². The SMILES string of the molecule is CCCCNC(=O)c1cccc(C(=O)Nc2ccc(C(C)C)cc2)n1. The molecule has 25 heavy (non-hydrogen) atoms. The molecule has 0 bridgehead atoms. The average Bonchev–Trinajstić information content (AvgIpc) is 2.62. The minimum atomic E-state index is -0.333. The van der Waals surface area contributed by atoms with Gasteiger partial charge in [0.05, 0.1) is 0 Å². The molecule has 0 aliphatic rings. The van der Waals surface area contributed by atoms with E-state index in [1.165, 1.54) is 5.56 Å². The Morgan fingerprint density at radius 2 is 1.64 bits per heavy atom. The van der Waals surface area contributed by atoms with Crippen LogP contribution in [0.4, 0.5) is 5.69 Å². The van der Waals surface area contributed by atoms with Gasteiger partial charge in [0.2, 0.25) is 0 Å². The summed E-state index contributed by atoms with van der Waals surface area (Å²) in [6, 6.07) is 12.6. The van der Waals surface area contributed by atoms with E-state index in [0.717, 1.165) is 12.8 Å². The number of nitrogens with zero attached hydrogens (tertiary/aromatic N) is 1. The lowest BCUT2D eigenvalue weighted by atomic mass is 10.0. The van der Waals surface area contributed by atoms with E-state index >= 15 is 0 Å². The Kier molecular flexibility index (Phi) is 6.69. The Hall–Kier alpha value is -2.69. The molecule has 1 aromatic carbocycles. The lowest BCUT2D eigenvalue weighted by Crippen LogP contribution is -2.26. The van der Waals surface area contributed by atoms with Crippen LogP contribution in [-0.4, -0.2) is 23.3 Å². The molecular weight excluding hydrogens is 314 g/mol. The van der Waals surface area contributed by atoms with Crippen molar-refractivity contribution < 1.29 is 9.59 Å². The van der Waals surface area contributed by atoms with Gasteiger partial charge in [0.25, 0.3) is 11.8 Å². The topological polar surface area (TPSA) is 71.1 Å². The van der Waals surface area contributed by atoms with Crippen molar-refractivity contribution in [3.05, 3.63) is 59.4 Å². The Bertz CT molecular complexity index is 724. The Balaban J connectivity index is 2.04. The molecule has 5 nitrogen and oxygen atoms in total. The maximum absolute atomic E-state index is 12.4. The zero-order chi connectivity index (χ0) is 18.2. The molecule has 2 aromatic rings. The van der Waals surface area contributed by atoms with Gasteiger partial charge in [-0.25, -0.2) is 4.98 Å². The number of pyridine rings is 1. The van der Waals surface area contributed by atoms with Crippen LogP contribution in [0.5, 0.6) is 0 Å². The molecular formula is C20H25N3O2. The second-order valence-corrected chi connectivity index (χ2v) is 6.25. The second-order valence-electron chi connectivity index (χ2n) is 6.25. The molecule has 1 aromatic heterocycles. The highest BCUT2D eigenvalue weighted by molar-refractivity contribution is 6.03. The van der Waals surface area contributed by atoms with Gasteiger partial charge >= 0.3 is 0 Å². The number of hydrogen-bond donors (Lipinski definition) is 2. The van der Waals surface area contributed by atoms with Crippen molar-refractivity contribution in [1.82, 2.24) is 10.3 Å². The smallest absolute Gasteiger partial charge is 0.274 e. The van der Waals surface area contributed by atoms with Crippen LogP contribution in [0.25, 0.3) is 0 Å². The first-order valence-corrected chi connectivity index (χ1v) is 8.67. The number of rotatable bonds is 7. The maximum atomic E-state index is 12.4. The summed E-state index contributed by atoms with van der Waals surface area (Å²) in [5, 5.41) is 5.61. The largest absolute Gasteiger partial charge is 0.351 e. The highest BCUT2D eigenvalue weighted by Gasteiger charge is 2.12. The van der Waals surface area contributed by atoms with Crippen molar-refractivity contribution >= 4 is 17.5 Å². The highest BCUT2D eigenvalue weighted by Crippen LogP contribution is 2.17. The quantitative estimate of drug-likeness (QED) is 0.749. The first-order valence-electron chi connectivity index (χ1n) is 8.67. The number of nitrogens with one attached hydrogen (secondary N) is 2. The Morgan fingerprint density at radius 1 is 1.00 bits per heavy atom. The molecule has 0 atom stereocenters. The van der Waals surface area contributed by atoms with Gasteiger partial charge in [-0.2, -0.15) is 0 Å². The van der Waals surface area contributed by atoms with E-state index < -0.39 is 0 Å². The Labute approximate surface area is 148 Å². The highest BCUT2D eigenvalue weighted by atomic mass is 16.2. The summed E-state index contributed by atoms with van der Waals surface area (Å²) >= 11 is 0. The van der Waals surface area contributed by atoms with Crippen molar-refractivity contribution in [2.45, 2.75) is 39.5 Å². The molecule has 5 heteroatoms. The van der Waals surface area contributed by atoms with Crippen LogP contribution >= 0.6 is 0 Å². The van der Waals surface area contributed by atoms with E-state index in [2.05, 4.69) is 36.4 Å². The zero-order valence-corrected chi connectivity index (χ0v) is 15.0. The fraction of sp³-hybridized carbons (Fsp3) is 0.350. The van der Waals surface area contributed by atoms with E-state index in [1.54, 1.807) is 18.2 Å². The van der Waals surface area contributed by atoms with Gasteiger partial charge in [-0.1, -0.05) is 45.4 Å². The van der Waals surface area contributed by atoms with Gasteiger partial charge in [0, 0.05) is 12.2 Å². The predicted molar refractivity (Wildman–Crippen MR) is 100.0 cm³/mol. The third kappa shape index (κ3) is 5.41. The minimum Gasteiger partial charge on any atom is -0.351 e. The van der Waals surface area contributed by atoms with Crippen molar-refractivity contribution in [2.24, 2.45) is 0 Å². The minimum absolute atomic E-state index is 0.219. The molecule has 0 fully saturated rings. The average molecular weight is 339 g/mol. The number of carbonyl (C=O) groups excluding carboxylic acids is 2. The summed E-state index contributed by atoms with van der Waals surface area (Å²) in [7, 11) is 0. The number of amides is 2. The summed E-state index contributed by atoms with van der Waals surface area (Å²) in [4.78, 5) is 28.6. The second kappa shape index (κ2) is 8.97. The van der Waals surface area contributed by atoms with E-state index in [1.807, 2.05) is 24.3 Å². The molecule has 0 aliphatic heterocycles. The lowest BCUT2D eigenvalue weighted by Gasteiger charge is -2.09. The summed E-state index contributed by atoms with van der Waals surface area (Å²) in [5.41, 5.74) is 2.38. The van der Waals surface area contributed by atoms with Crippen LogP contribution in [-0.2, 0) is 0 Å². The normalized spacial score (nSPS) is 10.6. The van der Waals surface area contributed by atoms with Crippen molar-refractivity contribution in [3.8, 4) is 0 Å². The number of unbranched alkanes of at least 4 members (excludes halogenated alkanes) is 1. The van der Waals surface area contributed by atoms with Gasteiger partial charge in [0.15, 0.2) is 0 Å². The number of carbonyl (C=O) groups is 2. The molecule has 2 amide bonds. The van der Waals surface area contributed by atoms with E-state index in [4.69, 9.17) is 0 Å². The van der Waals surface area contributed by atoms with Crippen LogP contribution in [0, 0.1) is 0 Å². The van der Waals surface area contributed by atoms with Gasteiger partial charge in [-0.3, -0.25) is 9.59 Å². The third-order valence-electron chi connectivity index (χ3n) is 3.87. The number of aromatic nitrogens is 1. The van der Waals surface area contributed by atoms with Crippen LogP contribution in [0.15, 0.2) is 42.5 Å². The first-order chi connectivity index (χ1) is 12.0. The van der Waals surface area contributed by atoms with Gasteiger partial charge < -0.3 is 10.6 Å². The number of hydrogen-bond acceptors (Lipinski definition) is 3. The summed E-state index contributed by atoms with van der Waals surface area (Å²) < 4.78 is 0. The van der Waals surface area contributed by atoms with Crippen molar-refractivity contribution in [1.29, 1.82) is 0 Å². The molecule has 0 saturated carbocycles. The molecule has 0 aliphatic carbocycles. The molecule has 0 unspecified atom stereocenters. The van der Waals surface area contributed by atoms with Gasteiger partial charge in [0.1, 0.15) is 11.4 Å². The van der Waals surface area contributed by atoms with E-state index in [-0.39, 0.29) is 23.2 Å². The molecule has 2 rings (SSSR count). The molecule has 0 spiro atoms. The van der Waals surface area contributed by atoms with Gasteiger partial charge in [-0.15, -0.1) is 0 Å². The summed E-state index contributed by atoms with van der Waals surface area (Å²) in [6.07, 6.45) is 1.92. The van der Waals surface area contributed by atoms with Crippen LogP contribution < -0.4 is 10.6 Å². The van der Waals surface area contributed by atoms with Crippen molar-refractivity contribution in [2.75, 3.05) is 11.9 Å². The predicted octanol–water partition coefficient (Wildman–Crippen LogP) is 3.99. The molecule has 132 valence electrons. The standard InChI is InChI=1S/C20H25N3O2/c1-4-5-13-21-19(24)17-7-6-8-18(23-17)20(25)22-16-11-9-15(10-12-16)14(2)3/h6-12,14H,4-5,13H2,1-3H3,(H,21,24)(H,22,25).